The van der Waals surface area contributed by atoms with Gasteiger partial charge in [0, 0.05) is 5.56 Å². The molecule has 88 valence electrons. The van der Waals surface area contributed by atoms with Crippen molar-refractivity contribution in [3.63, 3.8) is 0 Å². The lowest BCUT2D eigenvalue weighted by Gasteiger charge is -2.14. The minimum Gasteiger partial charge on any atom is -0.394 e. The van der Waals surface area contributed by atoms with E-state index in [1.165, 1.54) is 12.1 Å². The third-order valence-electron chi connectivity index (χ3n) is 2.35. The summed E-state index contributed by atoms with van der Waals surface area (Å²) in [5.41, 5.74) is 0.978. The quantitative estimate of drug-likeness (QED) is 0.818. The van der Waals surface area contributed by atoms with Crippen LogP contribution in [0.5, 0.6) is 0 Å². The number of benzene rings is 1. The number of aryl methyl sites for hydroxylation is 1. The molecule has 2 N–H and O–H groups in total. The molecule has 0 aromatic heterocycles. The molecule has 1 atom stereocenters. The molecule has 0 saturated carbocycles. The lowest BCUT2D eigenvalue weighted by atomic mass is 10.1. The Labute approximate surface area is 94.3 Å². The number of rotatable bonds is 4. The Hall–Kier alpha value is -1.42. The van der Waals surface area contributed by atoms with E-state index >= 15 is 0 Å². The summed E-state index contributed by atoms with van der Waals surface area (Å²) in [7, 11) is 0. The van der Waals surface area contributed by atoms with E-state index in [2.05, 4.69) is 5.32 Å². The maximum Gasteiger partial charge on any atom is 0.251 e. The summed E-state index contributed by atoms with van der Waals surface area (Å²) >= 11 is 0. The fourth-order valence-corrected chi connectivity index (χ4v) is 1.41. The second-order valence-corrected chi connectivity index (χ2v) is 3.78. The summed E-state index contributed by atoms with van der Waals surface area (Å²) in [5, 5.41) is 11.6. The van der Waals surface area contributed by atoms with Crippen LogP contribution in [0.1, 0.15) is 29.3 Å². The molecule has 0 fully saturated rings. The molecule has 4 heteroatoms. The first-order valence-electron chi connectivity index (χ1n) is 5.25. The van der Waals surface area contributed by atoms with E-state index in [4.69, 9.17) is 5.11 Å². The van der Waals surface area contributed by atoms with Crippen molar-refractivity contribution >= 4 is 5.91 Å². The van der Waals surface area contributed by atoms with Crippen molar-refractivity contribution in [1.82, 2.24) is 5.32 Å². The molecule has 1 aromatic carbocycles. The molecule has 0 aliphatic rings. The predicted molar refractivity (Wildman–Crippen MR) is 59.8 cm³/mol. The molecule has 1 rings (SSSR count). The zero-order chi connectivity index (χ0) is 12.1. The summed E-state index contributed by atoms with van der Waals surface area (Å²) < 4.78 is 13.1. The van der Waals surface area contributed by atoms with E-state index in [1.807, 2.05) is 6.92 Å². The molecule has 16 heavy (non-hydrogen) atoms. The first-order valence-corrected chi connectivity index (χ1v) is 5.25. The van der Waals surface area contributed by atoms with Crippen LogP contribution in [-0.4, -0.2) is 23.7 Å². The number of halogens is 1. The molecule has 1 unspecified atom stereocenters. The fourth-order valence-electron chi connectivity index (χ4n) is 1.41. The normalized spacial score (nSPS) is 12.2. The summed E-state index contributed by atoms with van der Waals surface area (Å²) in [6.07, 6.45) is 0.635. The Bertz CT molecular complexity index is 355. The molecule has 0 saturated heterocycles. The first kappa shape index (κ1) is 12.6. The van der Waals surface area contributed by atoms with Crippen molar-refractivity contribution in [1.29, 1.82) is 0 Å². The Kier molecular flexibility index (Phi) is 4.43. The highest BCUT2D eigenvalue weighted by Crippen LogP contribution is 2.08. The van der Waals surface area contributed by atoms with Crippen LogP contribution in [0.15, 0.2) is 18.2 Å². The predicted octanol–water partition coefficient (Wildman–Crippen LogP) is 1.63. The van der Waals surface area contributed by atoms with Gasteiger partial charge in [0.25, 0.3) is 5.91 Å². The third-order valence-corrected chi connectivity index (χ3v) is 2.35. The van der Waals surface area contributed by atoms with Gasteiger partial charge >= 0.3 is 0 Å². The molecule has 0 aliphatic heterocycles. The largest absolute Gasteiger partial charge is 0.394 e. The number of amides is 1. The third kappa shape index (κ3) is 3.31. The van der Waals surface area contributed by atoms with Gasteiger partial charge in [-0.3, -0.25) is 4.79 Å². The van der Waals surface area contributed by atoms with Gasteiger partial charge in [0.1, 0.15) is 5.82 Å². The van der Waals surface area contributed by atoms with Crippen molar-refractivity contribution in [2.45, 2.75) is 26.3 Å². The van der Waals surface area contributed by atoms with Gasteiger partial charge in [0.15, 0.2) is 0 Å². The number of nitrogens with one attached hydrogen (secondary N) is 1. The number of aliphatic hydroxyl groups excluding tert-OH is 1. The minimum absolute atomic E-state index is 0.115. The molecule has 1 aromatic rings. The SMILES string of the molecule is CCC(CO)NC(=O)c1cc(C)cc(F)c1. The van der Waals surface area contributed by atoms with Crippen LogP contribution < -0.4 is 5.32 Å². The van der Waals surface area contributed by atoms with E-state index in [0.717, 1.165) is 0 Å². The second-order valence-electron chi connectivity index (χ2n) is 3.78. The fraction of sp³-hybridized carbons (Fsp3) is 0.417. The van der Waals surface area contributed by atoms with Gasteiger partial charge in [-0.15, -0.1) is 0 Å². The topological polar surface area (TPSA) is 49.3 Å². The number of aliphatic hydroxyl groups is 1. The van der Waals surface area contributed by atoms with Gasteiger partial charge in [-0.25, -0.2) is 4.39 Å². The number of carbonyl (C=O) groups is 1. The summed E-state index contributed by atoms with van der Waals surface area (Å²) in [6.45, 7) is 3.47. The zero-order valence-corrected chi connectivity index (χ0v) is 9.46. The van der Waals surface area contributed by atoms with Crippen LogP contribution in [0.3, 0.4) is 0 Å². The summed E-state index contributed by atoms with van der Waals surface area (Å²) in [4.78, 5) is 11.7. The van der Waals surface area contributed by atoms with Gasteiger partial charge in [-0.1, -0.05) is 6.92 Å². The Morgan fingerprint density at radius 1 is 1.50 bits per heavy atom. The lowest BCUT2D eigenvalue weighted by molar-refractivity contribution is 0.0914. The molecule has 0 spiro atoms. The van der Waals surface area contributed by atoms with Gasteiger partial charge in [0.05, 0.1) is 12.6 Å². The van der Waals surface area contributed by atoms with Gasteiger partial charge < -0.3 is 10.4 Å². The number of carbonyl (C=O) groups excluding carboxylic acids is 1. The van der Waals surface area contributed by atoms with Gasteiger partial charge in [-0.05, 0) is 37.1 Å². The minimum atomic E-state index is -0.429. The van der Waals surface area contributed by atoms with E-state index < -0.39 is 5.82 Å². The molecule has 1 amide bonds. The van der Waals surface area contributed by atoms with Crippen molar-refractivity contribution in [3.8, 4) is 0 Å². The number of hydrogen-bond donors (Lipinski definition) is 2. The lowest BCUT2D eigenvalue weighted by Crippen LogP contribution is -2.36. The summed E-state index contributed by atoms with van der Waals surface area (Å²) in [6, 6.07) is 3.88. The molecule has 0 radical (unpaired) electrons. The zero-order valence-electron chi connectivity index (χ0n) is 9.46. The van der Waals surface area contributed by atoms with Crippen LogP contribution in [0.4, 0.5) is 4.39 Å². The van der Waals surface area contributed by atoms with Gasteiger partial charge in [-0.2, -0.15) is 0 Å². The Morgan fingerprint density at radius 3 is 2.69 bits per heavy atom. The van der Waals surface area contributed by atoms with Crippen molar-refractivity contribution < 1.29 is 14.3 Å². The maximum atomic E-state index is 13.1. The van der Waals surface area contributed by atoms with Gasteiger partial charge in [0.2, 0.25) is 0 Å². The van der Waals surface area contributed by atoms with E-state index in [0.29, 0.717) is 12.0 Å². The number of hydrogen-bond acceptors (Lipinski definition) is 2. The van der Waals surface area contributed by atoms with E-state index in [9.17, 15) is 9.18 Å². The average Bonchev–Trinajstić information content (AvgIpc) is 2.24. The Balaban J connectivity index is 2.80. The van der Waals surface area contributed by atoms with Crippen LogP contribution in [0.25, 0.3) is 0 Å². The molecule has 0 bridgehead atoms. The highest BCUT2D eigenvalue weighted by Gasteiger charge is 2.12. The second kappa shape index (κ2) is 5.61. The standard InChI is InChI=1S/C12H16FNO2/c1-3-11(7-15)14-12(16)9-4-8(2)5-10(13)6-9/h4-6,11,15H,3,7H2,1-2H3,(H,14,16). The average molecular weight is 225 g/mol. The highest BCUT2D eigenvalue weighted by molar-refractivity contribution is 5.94. The van der Waals surface area contributed by atoms with Crippen molar-refractivity contribution in [2.24, 2.45) is 0 Å². The smallest absolute Gasteiger partial charge is 0.251 e. The Morgan fingerprint density at radius 2 is 2.19 bits per heavy atom. The van der Waals surface area contributed by atoms with Crippen LogP contribution in [-0.2, 0) is 0 Å². The monoisotopic (exact) mass is 225 g/mol. The highest BCUT2D eigenvalue weighted by atomic mass is 19.1. The van der Waals surface area contributed by atoms with E-state index in [-0.39, 0.29) is 24.1 Å². The molecule has 0 heterocycles. The maximum absolute atomic E-state index is 13.1. The van der Waals surface area contributed by atoms with Crippen LogP contribution in [0.2, 0.25) is 0 Å². The summed E-state index contributed by atoms with van der Waals surface area (Å²) in [5.74, 6) is -0.786. The van der Waals surface area contributed by atoms with E-state index in [1.54, 1.807) is 13.0 Å². The molecular formula is C12H16FNO2. The molecule has 0 aliphatic carbocycles. The molecule has 3 nitrogen and oxygen atoms in total. The molecular weight excluding hydrogens is 209 g/mol. The van der Waals surface area contributed by atoms with Crippen molar-refractivity contribution in [3.05, 3.63) is 35.1 Å². The van der Waals surface area contributed by atoms with Crippen LogP contribution >= 0.6 is 0 Å². The van der Waals surface area contributed by atoms with Crippen molar-refractivity contribution in [2.75, 3.05) is 6.61 Å². The van der Waals surface area contributed by atoms with Crippen LogP contribution in [0, 0.1) is 12.7 Å². The first-order chi connectivity index (χ1) is 7.56.